The molecular formula is C22H26ClN3O2. The van der Waals surface area contributed by atoms with Crippen molar-refractivity contribution in [3.63, 3.8) is 0 Å². The number of nitrogens with zero attached hydrogens (tertiary/aromatic N) is 2. The van der Waals surface area contributed by atoms with Crippen LogP contribution >= 0.6 is 12.4 Å². The average Bonchev–Trinajstić information content (AvgIpc) is 3.15. The van der Waals surface area contributed by atoms with E-state index in [0.29, 0.717) is 19.7 Å². The molecule has 1 aliphatic rings. The fraction of sp³-hybridized carbons (Fsp3) is 0.318. The molecular weight excluding hydrogens is 374 g/mol. The van der Waals surface area contributed by atoms with E-state index < -0.39 is 0 Å². The van der Waals surface area contributed by atoms with Crippen LogP contribution in [0.4, 0.5) is 4.79 Å². The molecule has 1 fully saturated rings. The molecule has 0 aliphatic carbocycles. The number of fused-ring (bicyclic) bond motifs is 1. The van der Waals surface area contributed by atoms with E-state index in [9.17, 15) is 4.79 Å². The molecule has 2 heterocycles. The largest absolute Gasteiger partial charge is 0.445 e. The summed E-state index contributed by atoms with van der Waals surface area (Å²) in [6.45, 7) is 3.43. The molecule has 2 aromatic carbocycles. The molecule has 0 unspecified atom stereocenters. The van der Waals surface area contributed by atoms with Crippen LogP contribution in [0.2, 0.25) is 0 Å². The second-order valence-corrected chi connectivity index (χ2v) is 6.99. The molecule has 0 bridgehead atoms. The van der Waals surface area contributed by atoms with Gasteiger partial charge in [-0.25, -0.2) is 4.79 Å². The molecule has 0 spiro atoms. The lowest BCUT2D eigenvalue weighted by atomic mass is 10.1. The number of aromatic nitrogens is 1. The van der Waals surface area contributed by atoms with E-state index in [4.69, 9.17) is 4.74 Å². The topological polar surface area (TPSA) is 46.5 Å². The van der Waals surface area contributed by atoms with E-state index in [2.05, 4.69) is 46.4 Å². The average molecular weight is 400 g/mol. The van der Waals surface area contributed by atoms with Gasteiger partial charge in [-0.3, -0.25) is 0 Å². The molecule has 6 heteroatoms. The predicted octanol–water partition coefficient (Wildman–Crippen LogP) is 4.06. The Hall–Kier alpha value is -2.50. The normalized spacial score (nSPS) is 16.6. The van der Waals surface area contributed by atoms with Gasteiger partial charge in [0.15, 0.2) is 0 Å². The van der Waals surface area contributed by atoms with Crippen LogP contribution in [0.5, 0.6) is 0 Å². The number of carbonyl (C=O) groups is 1. The molecule has 148 valence electrons. The van der Waals surface area contributed by atoms with Gasteiger partial charge in [-0.15, -0.1) is 12.4 Å². The Kier molecular flexibility index (Phi) is 6.95. The van der Waals surface area contributed by atoms with Crippen molar-refractivity contribution < 1.29 is 9.53 Å². The second kappa shape index (κ2) is 9.62. The summed E-state index contributed by atoms with van der Waals surface area (Å²) in [5, 5.41) is 4.79. The zero-order chi connectivity index (χ0) is 18.5. The summed E-state index contributed by atoms with van der Waals surface area (Å²) in [5.41, 5.74) is 2.27. The Morgan fingerprint density at radius 1 is 1.07 bits per heavy atom. The third-order valence-corrected chi connectivity index (χ3v) is 5.12. The van der Waals surface area contributed by atoms with Gasteiger partial charge in [-0.2, -0.15) is 0 Å². The highest BCUT2D eigenvalue weighted by molar-refractivity contribution is 5.85. The molecule has 0 saturated carbocycles. The van der Waals surface area contributed by atoms with Crippen LogP contribution in [0, 0.1) is 0 Å². The van der Waals surface area contributed by atoms with Gasteiger partial charge in [0.05, 0.1) is 0 Å². The molecule has 5 nitrogen and oxygen atoms in total. The zero-order valence-electron chi connectivity index (χ0n) is 15.8. The Morgan fingerprint density at radius 2 is 1.86 bits per heavy atom. The number of benzene rings is 2. The molecule has 1 saturated heterocycles. The van der Waals surface area contributed by atoms with Crippen molar-refractivity contribution in [2.75, 3.05) is 19.6 Å². The number of para-hydroxylation sites is 1. The number of carbonyl (C=O) groups excluding carboxylic acids is 1. The van der Waals surface area contributed by atoms with Gasteiger partial charge in [0, 0.05) is 43.9 Å². The summed E-state index contributed by atoms with van der Waals surface area (Å²) in [7, 11) is 0. The van der Waals surface area contributed by atoms with Gasteiger partial charge < -0.3 is 19.5 Å². The smallest absolute Gasteiger partial charge is 0.410 e. The number of amides is 1. The number of piperazine rings is 1. The van der Waals surface area contributed by atoms with Gasteiger partial charge in [0.25, 0.3) is 0 Å². The first-order valence-electron chi connectivity index (χ1n) is 9.52. The standard InChI is InChI=1S/C22H25N3O2.ClH/c26-22(27-17-18-6-2-1-3-7-18)25-15-12-23-20(16-25)11-14-24-13-10-19-8-4-5-9-21(19)24;/h1-10,13,20,23H,11-12,14-17H2;1H/t20-;/m1./s1. The van der Waals surface area contributed by atoms with E-state index in [0.717, 1.165) is 25.1 Å². The van der Waals surface area contributed by atoms with E-state index in [-0.39, 0.29) is 24.5 Å². The van der Waals surface area contributed by atoms with Gasteiger partial charge in [0.2, 0.25) is 0 Å². The lowest BCUT2D eigenvalue weighted by molar-refractivity contribution is 0.0839. The molecule has 1 amide bonds. The van der Waals surface area contributed by atoms with Crippen LogP contribution in [-0.4, -0.2) is 41.2 Å². The summed E-state index contributed by atoms with van der Waals surface area (Å²) in [5.74, 6) is 0. The van der Waals surface area contributed by atoms with E-state index in [1.165, 1.54) is 10.9 Å². The SMILES string of the molecule is Cl.O=C(OCc1ccccc1)N1CCN[C@H](CCn2ccc3ccccc32)C1. The first kappa shape index (κ1) is 20.2. The number of aryl methyl sites for hydroxylation is 1. The minimum Gasteiger partial charge on any atom is -0.445 e. The maximum Gasteiger partial charge on any atom is 0.410 e. The molecule has 4 rings (SSSR count). The minimum atomic E-state index is -0.225. The van der Waals surface area contributed by atoms with Gasteiger partial charge in [0.1, 0.15) is 6.61 Å². The molecule has 1 aromatic heterocycles. The number of rotatable bonds is 5. The molecule has 3 aromatic rings. The lowest BCUT2D eigenvalue weighted by Gasteiger charge is -2.33. The number of hydrogen-bond donors (Lipinski definition) is 1. The predicted molar refractivity (Wildman–Crippen MR) is 114 cm³/mol. The summed E-state index contributed by atoms with van der Waals surface area (Å²) in [6, 6.07) is 20.7. The van der Waals surface area contributed by atoms with Gasteiger partial charge in [-0.05, 0) is 29.5 Å². The number of halogens is 1. The summed E-state index contributed by atoms with van der Waals surface area (Å²) in [6.07, 6.45) is 2.89. The Labute approximate surface area is 171 Å². The van der Waals surface area contributed by atoms with Crippen molar-refractivity contribution in [1.29, 1.82) is 0 Å². The van der Waals surface area contributed by atoms with Crippen molar-refractivity contribution in [3.8, 4) is 0 Å². The molecule has 1 N–H and O–H groups in total. The summed E-state index contributed by atoms with van der Waals surface area (Å²) >= 11 is 0. The third kappa shape index (κ3) is 4.86. The van der Waals surface area contributed by atoms with Crippen LogP contribution < -0.4 is 5.32 Å². The minimum absolute atomic E-state index is 0. The molecule has 0 radical (unpaired) electrons. The third-order valence-electron chi connectivity index (χ3n) is 5.12. The van der Waals surface area contributed by atoms with Gasteiger partial charge >= 0.3 is 6.09 Å². The van der Waals surface area contributed by atoms with E-state index in [1.54, 1.807) is 0 Å². The molecule has 1 aliphatic heterocycles. The molecule has 1 atom stereocenters. The van der Waals surface area contributed by atoms with Crippen LogP contribution in [0.3, 0.4) is 0 Å². The fourth-order valence-corrected chi connectivity index (χ4v) is 3.63. The van der Waals surface area contributed by atoms with E-state index in [1.807, 2.05) is 35.2 Å². The Balaban J connectivity index is 0.00000225. The first-order chi connectivity index (χ1) is 13.3. The van der Waals surface area contributed by atoms with Crippen LogP contribution in [0.25, 0.3) is 10.9 Å². The highest BCUT2D eigenvalue weighted by atomic mass is 35.5. The van der Waals surface area contributed by atoms with Crippen LogP contribution in [-0.2, 0) is 17.9 Å². The van der Waals surface area contributed by atoms with E-state index >= 15 is 0 Å². The Morgan fingerprint density at radius 3 is 2.71 bits per heavy atom. The van der Waals surface area contributed by atoms with Crippen LogP contribution in [0.1, 0.15) is 12.0 Å². The fourth-order valence-electron chi connectivity index (χ4n) is 3.63. The molecule has 28 heavy (non-hydrogen) atoms. The van der Waals surface area contributed by atoms with Crippen LogP contribution in [0.15, 0.2) is 66.9 Å². The second-order valence-electron chi connectivity index (χ2n) is 6.99. The van der Waals surface area contributed by atoms with Crippen molar-refractivity contribution >= 4 is 29.4 Å². The summed E-state index contributed by atoms with van der Waals surface area (Å²) in [4.78, 5) is 14.2. The monoisotopic (exact) mass is 399 g/mol. The van der Waals surface area contributed by atoms with Crippen molar-refractivity contribution in [1.82, 2.24) is 14.8 Å². The maximum atomic E-state index is 12.4. The number of ether oxygens (including phenoxy) is 1. The highest BCUT2D eigenvalue weighted by Crippen LogP contribution is 2.16. The highest BCUT2D eigenvalue weighted by Gasteiger charge is 2.24. The van der Waals surface area contributed by atoms with Gasteiger partial charge in [-0.1, -0.05) is 48.5 Å². The van der Waals surface area contributed by atoms with Crippen molar-refractivity contribution in [3.05, 3.63) is 72.4 Å². The lowest BCUT2D eigenvalue weighted by Crippen LogP contribution is -2.52. The quantitative estimate of drug-likeness (QED) is 0.703. The maximum absolute atomic E-state index is 12.4. The zero-order valence-corrected chi connectivity index (χ0v) is 16.6. The number of nitrogens with one attached hydrogen (secondary N) is 1. The first-order valence-corrected chi connectivity index (χ1v) is 9.52. The number of hydrogen-bond acceptors (Lipinski definition) is 3. The van der Waals surface area contributed by atoms with Crippen molar-refractivity contribution in [2.45, 2.75) is 25.6 Å². The summed E-state index contributed by atoms with van der Waals surface area (Å²) < 4.78 is 7.76. The van der Waals surface area contributed by atoms with Crippen molar-refractivity contribution in [2.24, 2.45) is 0 Å². The Bertz CT molecular complexity index is 897.